The molecule has 1 heterocycles. The second-order valence-corrected chi connectivity index (χ2v) is 4.28. The number of anilines is 1. The van der Waals surface area contributed by atoms with Crippen LogP contribution in [0.2, 0.25) is 0 Å². The largest absolute Gasteiger partial charge is 0.460 e. The van der Waals surface area contributed by atoms with Crippen LogP contribution in [0, 0.1) is 6.92 Å². The fraction of sp³-hybridized carbons (Fsp3) is 0.667. The van der Waals surface area contributed by atoms with Crippen LogP contribution in [0.25, 0.3) is 0 Å². The van der Waals surface area contributed by atoms with Gasteiger partial charge in [0.25, 0.3) is 6.01 Å². The Labute approximate surface area is 101 Å². The molecule has 1 aromatic rings. The van der Waals surface area contributed by atoms with Gasteiger partial charge in [-0.25, -0.2) is 4.79 Å². The SMILES string of the molecule is CCOC(=O)c1oc(NC2CCCC2)nc1C. The molecule has 5 heteroatoms. The molecule has 0 unspecified atom stereocenters. The number of ether oxygens (including phenoxy) is 1. The number of hydrogen-bond acceptors (Lipinski definition) is 5. The number of carbonyl (C=O) groups is 1. The zero-order valence-electron chi connectivity index (χ0n) is 10.3. The molecule has 1 aliphatic carbocycles. The summed E-state index contributed by atoms with van der Waals surface area (Å²) < 4.78 is 10.3. The molecule has 0 amide bonds. The lowest BCUT2D eigenvalue weighted by Gasteiger charge is -2.08. The Balaban J connectivity index is 2.04. The summed E-state index contributed by atoms with van der Waals surface area (Å²) in [6.45, 7) is 3.85. The molecule has 0 atom stereocenters. The van der Waals surface area contributed by atoms with Crippen molar-refractivity contribution < 1.29 is 13.9 Å². The van der Waals surface area contributed by atoms with Gasteiger partial charge in [0.2, 0.25) is 5.76 Å². The van der Waals surface area contributed by atoms with Crippen molar-refractivity contribution in [1.82, 2.24) is 4.98 Å². The summed E-state index contributed by atoms with van der Waals surface area (Å²) >= 11 is 0. The summed E-state index contributed by atoms with van der Waals surface area (Å²) in [6.07, 6.45) is 4.75. The Morgan fingerprint density at radius 3 is 2.88 bits per heavy atom. The van der Waals surface area contributed by atoms with Crippen LogP contribution >= 0.6 is 0 Å². The Morgan fingerprint density at radius 2 is 2.24 bits per heavy atom. The van der Waals surface area contributed by atoms with Crippen LogP contribution in [-0.2, 0) is 4.74 Å². The van der Waals surface area contributed by atoms with Crippen LogP contribution in [0.3, 0.4) is 0 Å². The lowest BCUT2D eigenvalue weighted by atomic mass is 10.3. The minimum Gasteiger partial charge on any atom is -0.460 e. The van der Waals surface area contributed by atoms with Gasteiger partial charge in [-0.2, -0.15) is 4.98 Å². The second kappa shape index (κ2) is 5.21. The van der Waals surface area contributed by atoms with Crippen molar-refractivity contribution in [2.75, 3.05) is 11.9 Å². The normalized spacial score (nSPS) is 16.1. The zero-order valence-corrected chi connectivity index (χ0v) is 10.3. The van der Waals surface area contributed by atoms with Crippen LogP contribution in [0.4, 0.5) is 6.01 Å². The number of aryl methyl sites for hydroxylation is 1. The molecule has 1 N–H and O–H groups in total. The maximum atomic E-state index is 11.5. The van der Waals surface area contributed by atoms with Gasteiger partial charge in [0, 0.05) is 6.04 Å². The van der Waals surface area contributed by atoms with E-state index in [2.05, 4.69) is 10.3 Å². The molecule has 0 aliphatic heterocycles. The Hall–Kier alpha value is -1.52. The van der Waals surface area contributed by atoms with E-state index in [-0.39, 0.29) is 5.76 Å². The van der Waals surface area contributed by atoms with Crippen molar-refractivity contribution in [2.24, 2.45) is 0 Å². The van der Waals surface area contributed by atoms with Gasteiger partial charge in [-0.1, -0.05) is 12.8 Å². The van der Waals surface area contributed by atoms with Crippen molar-refractivity contribution in [3.8, 4) is 0 Å². The minimum absolute atomic E-state index is 0.201. The van der Waals surface area contributed by atoms with Crippen molar-refractivity contribution in [2.45, 2.75) is 45.6 Å². The first-order valence-electron chi connectivity index (χ1n) is 6.11. The van der Waals surface area contributed by atoms with Gasteiger partial charge in [-0.15, -0.1) is 0 Å². The average Bonchev–Trinajstić information content (AvgIpc) is 2.89. The monoisotopic (exact) mass is 238 g/mol. The van der Waals surface area contributed by atoms with E-state index in [1.165, 1.54) is 12.8 Å². The molecule has 94 valence electrons. The topological polar surface area (TPSA) is 64.4 Å². The van der Waals surface area contributed by atoms with E-state index < -0.39 is 5.97 Å². The summed E-state index contributed by atoms with van der Waals surface area (Å²) in [7, 11) is 0. The molecule has 1 saturated carbocycles. The number of esters is 1. The van der Waals surface area contributed by atoms with Crippen LogP contribution in [0.15, 0.2) is 4.42 Å². The predicted molar refractivity (Wildman–Crippen MR) is 63.1 cm³/mol. The third-order valence-corrected chi connectivity index (χ3v) is 2.94. The summed E-state index contributed by atoms with van der Waals surface area (Å²) in [5.74, 6) is -0.246. The number of aromatic nitrogens is 1. The highest BCUT2D eigenvalue weighted by atomic mass is 16.5. The number of oxazole rings is 1. The molecule has 5 nitrogen and oxygen atoms in total. The average molecular weight is 238 g/mol. The molecule has 1 aromatic heterocycles. The molecular weight excluding hydrogens is 220 g/mol. The van der Waals surface area contributed by atoms with E-state index in [1.807, 2.05) is 0 Å². The molecule has 0 spiro atoms. The maximum Gasteiger partial charge on any atom is 0.376 e. The quantitative estimate of drug-likeness (QED) is 0.816. The van der Waals surface area contributed by atoms with E-state index in [1.54, 1.807) is 13.8 Å². The summed E-state index contributed by atoms with van der Waals surface area (Å²) in [5, 5.41) is 3.21. The second-order valence-electron chi connectivity index (χ2n) is 4.28. The molecule has 0 radical (unpaired) electrons. The van der Waals surface area contributed by atoms with Gasteiger partial charge in [0.1, 0.15) is 0 Å². The predicted octanol–water partition coefficient (Wildman–Crippen LogP) is 2.51. The maximum absolute atomic E-state index is 11.5. The molecular formula is C12H18N2O3. The molecule has 0 saturated heterocycles. The van der Waals surface area contributed by atoms with E-state index in [0.29, 0.717) is 24.4 Å². The van der Waals surface area contributed by atoms with Crippen molar-refractivity contribution in [3.05, 3.63) is 11.5 Å². The third kappa shape index (κ3) is 2.78. The lowest BCUT2D eigenvalue weighted by molar-refractivity contribution is 0.0490. The van der Waals surface area contributed by atoms with Crippen LogP contribution in [0.1, 0.15) is 48.9 Å². The highest BCUT2D eigenvalue weighted by Gasteiger charge is 2.21. The van der Waals surface area contributed by atoms with Gasteiger partial charge in [0.15, 0.2) is 0 Å². The summed E-state index contributed by atoms with van der Waals surface area (Å²) in [5.41, 5.74) is 0.573. The third-order valence-electron chi connectivity index (χ3n) is 2.94. The van der Waals surface area contributed by atoms with Crippen molar-refractivity contribution >= 4 is 12.0 Å². The number of hydrogen-bond donors (Lipinski definition) is 1. The van der Waals surface area contributed by atoms with Gasteiger partial charge < -0.3 is 14.5 Å². The smallest absolute Gasteiger partial charge is 0.376 e. The van der Waals surface area contributed by atoms with Crippen LogP contribution in [0.5, 0.6) is 0 Å². The highest BCUT2D eigenvalue weighted by molar-refractivity contribution is 5.87. The Bertz CT molecular complexity index is 394. The first-order chi connectivity index (χ1) is 8.20. The fourth-order valence-electron chi connectivity index (χ4n) is 2.09. The Morgan fingerprint density at radius 1 is 1.53 bits per heavy atom. The fourth-order valence-corrected chi connectivity index (χ4v) is 2.09. The zero-order chi connectivity index (χ0) is 12.3. The van der Waals surface area contributed by atoms with E-state index in [9.17, 15) is 4.79 Å². The first-order valence-corrected chi connectivity index (χ1v) is 6.11. The van der Waals surface area contributed by atoms with Gasteiger partial charge in [-0.05, 0) is 26.7 Å². The van der Waals surface area contributed by atoms with Crippen molar-refractivity contribution in [1.29, 1.82) is 0 Å². The number of nitrogens with zero attached hydrogens (tertiary/aromatic N) is 1. The lowest BCUT2D eigenvalue weighted by Crippen LogP contribution is -2.14. The van der Waals surface area contributed by atoms with Gasteiger partial charge >= 0.3 is 5.97 Å². The van der Waals surface area contributed by atoms with E-state index >= 15 is 0 Å². The van der Waals surface area contributed by atoms with Crippen molar-refractivity contribution in [3.63, 3.8) is 0 Å². The van der Waals surface area contributed by atoms with E-state index in [4.69, 9.17) is 9.15 Å². The molecule has 17 heavy (non-hydrogen) atoms. The summed E-state index contributed by atoms with van der Waals surface area (Å²) in [6, 6.07) is 0.848. The number of carbonyl (C=O) groups excluding carboxylic acids is 1. The van der Waals surface area contributed by atoms with Gasteiger partial charge in [0.05, 0.1) is 12.3 Å². The highest BCUT2D eigenvalue weighted by Crippen LogP contribution is 2.23. The summed E-state index contributed by atoms with van der Waals surface area (Å²) in [4.78, 5) is 15.7. The molecule has 2 rings (SSSR count). The molecule has 1 fully saturated rings. The molecule has 0 bridgehead atoms. The standard InChI is InChI=1S/C12H18N2O3/c1-3-16-11(15)10-8(2)13-12(17-10)14-9-6-4-5-7-9/h9H,3-7H2,1-2H3,(H,13,14). The Kier molecular flexibility index (Phi) is 3.66. The molecule has 1 aliphatic rings. The van der Waals surface area contributed by atoms with Crippen LogP contribution < -0.4 is 5.32 Å². The molecule has 0 aromatic carbocycles. The minimum atomic E-state index is -0.447. The first kappa shape index (κ1) is 12.0. The number of rotatable bonds is 4. The van der Waals surface area contributed by atoms with E-state index in [0.717, 1.165) is 12.8 Å². The number of nitrogens with one attached hydrogen (secondary N) is 1. The van der Waals surface area contributed by atoms with Gasteiger partial charge in [-0.3, -0.25) is 0 Å². The van der Waals surface area contributed by atoms with Crippen LogP contribution in [-0.4, -0.2) is 23.6 Å².